The number of allylic oxidation sites excluding steroid dienone is 2. The quantitative estimate of drug-likeness (QED) is 0.229. The Bertz CT molecular complexity index is 801. The average Bonchev–Trinajstić information content (AvgIpc) is 2.60. The zero-order valence-corrected chi connectivity index (χ0v) is 21.8. The van der Waals surface area contributed by atoms with Crippen molar-refractivity contribution in [2.75, 3.05) is 6.61 Å². The van der Waals surface area contributed by atoms with Crippen LogP contribution in [0.3, 0.4) is 0 Å². The molecule has 4 heteroatoms. The third kappa shape index (κ3) is 9.69. The van der Waals surface area contributed by atoms with Gasteiger partial charge >= 0.3 is 0 Å². The Hall–Kier alpha value is -1.52. The predicted octanol–water partition coefficient (Wildman–Crippen LogP) is 6.12. The first-order valence-corrected chi connectivity index (χ1v) is 17.2. The van der Waals surface area contributed by atoms with E-state index in [0.29, 0.717) is 0 Å². The van der Waals surface area contributed by atoms with Gasteiger partial charge in [0.2, 0.25) is 5.78 Å². The molecule has 0 N–H and O–H groups in total. The van der Waals surface area contributed by atoms with Crippen LogP contribution in [0.2, 0.25) is 37.8 Å². The second-order valence-electron chi connectivity index (χ2n) is 10.3. The Labute approximate surface area is 181 Å². The average molecular weight is 427 g/mol. The molecule has 0 fully saturated rings. The van der Waals surface area contributed by atoms with Gasteiger partial charge in [-0.25, -0.2) is 0 Å². The van der Waals surface area contributed by atoms with Crippen LogP contribution in [0.4, 0.5) is 0 Å². The lowest BCUT2D eigenvalue weighted by Gasteiger charge is -2.36. The Morgan fingerprint density at radius 3 is 2.31 bits per heavy atom. The molecule has 29 heavy (non-hydrogen) atoms. The highest BCUT2D eigenvalue weighted by molar-refractivity contribution is 6.83. The van der Waals surface area contributed by atoms with Gasteiger partial charge in [0.15, 0.2) is 8.32 Å². The van der Waals surface area contributed by atoms with Crippen molar-refractivity contribution in [2.45, 2.75) is 97.1 Å². The number of Topliss-reactive ketones (excluding diaryl/α,β-unsaturated/α-hetero) is 1. The molecule has 158 valence electrons. The monoisotopic (exact) mass is 426 g/mol. The van der Waals surface area contributed by atoms with Gasteiger partial charge in [-0.3, -0.25) is 4.79 Å². The molecule has 0 amide bonds. The van der Waals surface area contributed by atoms with E-state index in [1.165, 1.54) is 0 Å². The second kappa shape index (κ2) is 11.0. The molecular formula is C25H38O2Si2. The van der Waals surface area contributed by atoms with Crippen LogP contribution in [0.5, 0.6) is 0 Å². The predicted molar refractivity (Wildman–Crippen MR) is 130 cm³/mol. The van der Waals surface area contributed by atoms with Crippen molar-refractivity contribution in [3.05, 3.63) is 11.1 Å². The minimum Gasteiger partial charge on any atom is -0.417 e. The lowest BCUT2D eigenvalue weighted by Crippen LogP contribution is -2.40. The van der Waals surface area contributed by atoms with Crippen molar-refractivity contribution in [3.63, 3.8) is 0 Å². The molecule has 0 aromatic carbocycles. The van der Waals surface area contributed by atoms with Crippen LogP contribution < -0.4 is 0 Å². The summed E-state index contributed by atoms with van der Waals surface area (Å²) in [4.78, 5) is 12.5. The molecule has 0 aromatic rings. The van der Waals surface area contributed by atoms with Gasteiger partial charge in [0, 0.05) is 24.2 Å². The van der Waals surface area contributed by atoms with E-state index in [4.69, 9.17) is 4.43 Å². The normalized spacial score (nSPS) is 14.8. The van der Waals surface area contributed by atoms with Gasteiger partial charge in [-0.2, -0.15) is 0 Å². The SMILES string of the molecule is CC(C)(C)[Si](C)(C)OCCCC#CC#CC(=O)C1=C(C#C[Si](C)(C)C)CCCC1. The molecule has 1 aliphatic rings. The zero-order chi connectivity index (χ0) is 22.1. The van der Waals surface area contributed by atoms with Crippen molar-refractivity contribution >= 4 is 22.2 Å². The highest BCUT2D eigenvalue weighted by atomic mass is 28.4. The molecule has 2 nitrogen and oxygen atoms in total. The van der Waals surface area contributed by atoms with Crippen LogP contribution in [0.1, 0.15) is 59.3 Å². The maximum absolute atomic E-state index is 12.5. The number of ketones is 1. The summed E-state index contributed by atoms with van der Waals surface area (Å²) < 4.78 is 6.14. The molecule has 0 aliphatic heterocycles. The molecule has 0 unspecified atom stereocenters. The molecule has 1 rings (SSSR count). The molecular weight excluding hydrogens is 388 g/mol. The Kier molecular flexibility index (Phi) is 9.71. The molecule has 0 atom stereocenters. The van der Waals surface area contributed by atoms with Crippen molar-refractivity contribution in [2.24, 2.45) is 0 Å². The fourth-order valence-corrected chi connectivity index (χ4v) is 4.14. The van der Waals surface area contributed by atoms with Crippen LogP contribution in [0.15, 0.2) is 11.1 Å². The fraction of sp³-hybridized carbons (Fsp3) is 0.640. The summed E-state index contributed by atoms with van der Waals surface area (Å²) in [6.45, 7) is 18.7. The van der Waals surface area contributed by atoms with Gasteiger partial charge in [0.25, 0.3) is 0 Å². The molecule has 0 radical (unpaired) electrons. The summed E-state index contributed by atoms with van der Waals surface area (Å²) in [6, 6.07) is 0. The largest absolute Gasteiger partial charge is 0.417 e. The lowest BCUT2D eigenvalue weighted by molar-refractivity contribution is -0.110. The number of hydrogen-bond acceptors (Lipinski definition) is 2. The fourth-order valence-electron chi connectivity index (χ4n) is 2.53. The highest BCUT2D eigenvalue weighted by Crippen LogP contribution is 2.36. The van der Waals surface area contributed by atoms with E-state index in [2.05, 4.69) is 88.7 Å². The molecule has 0 spiro atoms. The van der Waals surface area contributed by atoms with Crippen molar-refractivity contribution < 1.29 is 9.22 Å². The van der Waals surface area contributed by atoms with Crippen LogP contribution in [0.25, 0.3) is 0 Å². The van der Waals surface area contributed by atoms with Crippen LogP contribution >= 0.6 is 0 Å². The zero-order valence-electron chi connectivity index (χ0n) is 19.8. The van der Waals surface area contributed by atoms with Crippen molar-refractivity contribution in [1.29, 1.82) is 0 Å². The lowest BCUT2D eigenvalue weighted by atomic mass is 9.90. The number of carbonyl (C=O) groups is 1. The van der Waals surface area contributed by atoms with Gasteiger partial charge in [-0.15, -0.1) is 5.54 Å². The van der Waals surface area contributed by atoms with E-state index >= 15 is 0 Å². The van der Waals surface area contributed by atoms with E-state index in [1.807, 2.05) is 0 Å². The summed E-state index contributed by atoms with van der Waals surface area (Å²) in [5.74, 6) is 14.5. The molecule has 0 aromatic heterocycles. The summed E-state index contributed by atoms with van der Waals surface area (Å²) in [5.41, 5.74) is 5.21. The topological polar surface area (TPSA) is 26.3 Å². The Balaban J connectivity index is 2.60. The van der Waals surface area contributed by atoms with Gasteiger partial charge in [0.1, 0.15) is 8.07 Å². The van der Waals surface area contributed by atoms with E-state index in [9.17, 15) is 4.79 Å². The van der Waals surface area contributed by atoms with E-state index in [0.717, 1.165) is 56.3 Å². The molecule has 0 saturated carbocycles. The van der Waals surface area contributed by atoms with E-state index in [-0.39, 0.29) is 10.8 Å². The minimum atomic E-state index is -1.67. The summed E-state index contributed by atoms with van der Waals surface area (Å²) >= 11 is 0. The number of hydrogen-bond donors (Lipinski definition) is 0. The number of carbonyl (C=O) groups excluding carboxylic acids is 1. The number of unbranched alkanes of at least 4 members (excludes halogenated alkanes) is 1. The van der Waals surface area contributed by atoms with Gasteiger partial charge in [-0.05, 0) is 68.0 Å². The Morgan fingerprint density at radius 1 is 1.03 bits per heavy atom. The summed E-state index contributed by atoms with van der Waals surface area (Å²) in [7, 11) is -3.12. The van der Waals surface area contributed by atoms with Gasteiger partial charge in [-0.1, -0.05) is 52.3 Å². The van der Waals surface area contributed by atoms with Crippen molar-refractivity contribution in [3.8, 4) is 35.1 Å². The first-order valence-electron chi connectivity index (χ1n) is 10.8. The maximum Gasteiger partial charge on any atom is 0.233 e. The Morgan fingerprint density at radius 2 is 1.69 bits per heavy atom. The van der Waals surface area contributed by atoms with Crippen LogP contribution in [-0.4, -0.2) is 28.8 Å². The first-order chi connectivity index (χ1) is 13.3. The number of rotatable bonds is 5. The van der Waals surface area contributed by atoms with Crippen molar-refractivity contribution in [1.82, 2.24) is 0 Å². The summed E-state index contributed by atoms with van der Waals surface area (Å²) in [5, 5.41) is 0.233. The molecule has 1 aliphatic carbocycles. The van der Waals surface area contributed by atoms with Crippen LogP contribution in [0, 0.1) is 35.1 Å². The standard InChI is InChI=1S/C25H38O2Si2/c1-25(2,3)29(7,8)27-20-15-11-9-10-12-18-24(26)23-17-14-13-16-22(23)19-21-28(4,5)6/h11,13-17,20H2,1-8H3. The molecule has 0 bridgehead atoms. The minimum absolute atomic E-state index is 0.0971. The highest BCUT2D eigenvalue weighted by Gasteiger charge is 2.36. The smallest absolute Gasteiger partial charge is 0.233 e. The third-order valence-corrected chi connectivity index (χ3v) is 10.8. The third-order valence-electron chi connectivity index (χ3n) is 5.37. The van der Waals surface area contributed by atoms with Gasteiger partial charge < -0.3 is 4.43 Å². The molecule has 0 heterocycles. The maximum atomic E-state index is 12.5. The van der Waals surface area contributed by atoms with Crippen LogP contribution in [-0.2, 0) is 9.22 Å². The van der Waals surface area contributed by atoms with E-state index < -0.39 is 16.4 Å². The van der Waals surface area contributed by atoms with Gasteiger partial charge in [0.05, 0.1) is 0 Å². The van der Waals surface area contributed by atoms with E-state index in [1.54, 1.807) is 0 Å². The summed E-state index contributed by atoms with van der Waals surface area (Å²) in [6.07, 6.45) is 5.49. The first kappa shape index (κ1) is 25.5. The molecule has 0 saturated heterocycles. The second-order valence-corrected chi connectivity index (χ2v) is 19.8.